The van der Waals surface area contributed by atoms with E-state index in [1.165, 1.54) is 23.5 Å². The summed E-state index contributed by atoms with van der Waals surface area (Å²) < 4.78 is 5.14. The van der Waals surface area contributed by atoms with Gasteiger partial charge in [0, 0.05) is 23.1 Å². The van der Waals surface area contributed by atoms with Gasteiger partial charge < -0.3 is 4.74 Å². The van der Waals surface area contributed by atoms with Crippen LogP contribution in [0.15, 0.2) is 29.6 Å². The molecule has 0 radical (unpaired) electrons. The minimum atomic E-state index is -0.581. The Morgan fingerprint density at radius 3 is 2.50 bits per heavy atom. The molecule has 22 heavy (non-hydrogen) atoms. The number of nitrogens with one attached hydrogen (secondary N) is 1. The number of carbonyl (C=O) groups excluding carboxylic acids is 1. The fourth-order valence-electron chi connectivity index (χ4n) is 1.61. The topological polar surface area (TPSA) is 94.4 Å². The Bertz CT molecular complexity index is 689. The van der Waals surface area contributed by atoms with Crippen molar-refractivity contribution >= 4 is 28.2 Å². The lowest BCUT2D eigenvalue weighted by Gasteiger charge is -2.18. The third kappa shape index (κ3) is 4.26. The van der Waals surface area contributed by atoms with Gasteiger partial charge in [-0.2, -0.15) is 0 Å². The number of nitro groups is 1. The number of amides is 1. The molecule has 0 aliphatic rings. The maximum Gasteiger partial charge on any atom is 0.413 e. The van der Waals surface area contributed by atoms with Gasteiger partial charge in [0.15, 0.2) is 5.13 Å². The summed E-state index contributed by atoms with van der Waals surface area (Å²) in [7, 11) is 0. The van der Waals surface area contributed by atoms with Crippen molar-refractivity contribution in [2.45, 2.75) is 26.4 Å². The molecule has 1 aromatic heterocycles. The van der Waals surface area contributed by atoms with E-state index in [0.717, 1.165) is 5.56 Å². The van der Waals surface area contributed by atoms with E-state index in [1.807, 2.05) is 0 Å². The Balaban J connectivity index is 2.08. The summed E-state index contributed by atoms with van der Waals surface area (Å²) in [6.45, 7) is 5.32. The predicted octanol–water partition coefficient (Wildman–Crippen LogP) is 4.07. The molecule has 0 aliphatic carbocycles. The van der Waals surface area contributed by atoms with E-state index in [9.17, 15) is 14.9 Å². The molecule has 0 unspecified atom stereocenters. The zero-order valence-electron chi connectivity index (χ0n) is 12.3. The van der Waals surface area contributed by atoms with Crippen LogP contribution in [0, 0.1) is 10.1 Å². The van der Waals surface area contributed by atoms with Crippen LogP contribution in [0.1, 0.15) is 20.8 Å². The van der Waals surface area contributed by atoms with Crippen LogP contribution in [0.5, 0.6) is 0 Å². The van der Waals surface area contributed by atoms with Crippen LogP contribution in [-0.2, 0) is 4.74 Å². The molecule has 0 aliphatic heterocycles. The van der Waals surface area contributed by atoms with Crippen molar-refractivity contribution in [3.63, 3.8) is 0 Å². The number of anilines is 1. The lowest BCUT2D eigenvalue weighted by Crippen LogP contribution is -2.27. The lowest BCUT2D eigenvalue weighted by atomic mass is 10.1. The zero-order chi connectivity index (χ0) is 16.3. The van der Waals surface area contributed by atoms with Gasteiger partial charge in [-0.25, -0.2) is 9.78 Å². The number of benzene rings is 1. The first kappa shape index (κ1) is 15.9. The van der Waals surface area contributed by atoms with Crippen LogP contribution in [0.2, 0.25) is 0 Å². The molecule has 0 spiro atoms. The van der Waals surface area contributed by atoms with Gasteiger partial charge in [-0.3, -0.25) is 15.4 Å². The first-order valence-corrected chi connectivity index (χ1v) is 7.33. The molecule has 2 aromatic rings. The van der Waals surface area contributed by atoms with Gasteiger partial charge in [0.25, 0.3) is 5.69 Å². The third-order valence-electron chi connectivity index (χ3n) is 2.49. The Morgan fingerprint density at radius 1 is 1.32 bits per heavy atom. The summed E-state index contributed by atoms with van der Waals surface area (Å²) >= 11 is 1.25. The van der Waals surface area contributed by atoms with Gasteiger partial charge in [-0.05, 0) is 32.9 Å². The third-order valence-corrected chi connectivity index (χ3v) is 3.24. The van der Waals surface area contributed by atoms with E-state index < -0.39 is 16.6 Å². The van der Waals surface area contributed by atoms with Crippen molar-refractivity contribution < 1.29 is 14.5 Å². The molecule has 0 atom stereocenters. The van der Waals surface area contributed by atoms with Gasteiger partial charge in [0.05, 0.1) is 10.6 Å². The number of nitrogens with zero attached hydrogens (tertiary/aromatic N) is 2. The number of nitro benzene ring substituents is 1. The van der Waals surface area contributed by atoms with E-state index in [2.05, 4.69) is 10.3 Å². The van der Waals surface area contributed by atoms with Crippen molar-refractivity contribution in [2.75, 3.05) is 5.32 Å². The normalized spacial score (nSPS) is 11.0. The van der Waals surface area contributed by atoms with Crippen molar-refractivity contribution in [3.8, 4) is 11.3 Å². The molecule has 0 saturated heterocycles. The predicted molar refractivity (Wildman–Crippen MR) is 84.1 cm³/mol. The molecule has 0 bridgehead atoms. The second kappa shape index (κ2) is 6.10. The smallest absolute Gasteiger partial charge is 0.413 e. The summed E-state index contributed by atoms with van der Waals surface area (Å²) in [5.74, 6) is 0. The van der Waals surface area contributed by atoms with Gasteiger partial charge >= 0.3 is 6.09 Å². The standard InChI is InChI=1S/C14H15N3O4S/c1-14(2,3)21-13(18)16-12-15-11(8-22-12)9-4-6-10(7-5-9)17(19)20/h4-8H,1-3H3,(H,15,16,18). The van der Waals surface area contributed by atoms with Crippen LogP contribution in [0.25, 0.3) is 11.3 Å². The average Bonchev–Trinajstić information content (AvgIpc) is 2.85. The van der Waals surface area contributed by atoms with Gasteiger partial charge in [0.1, 0.15) is 5.60 Å². The monoisotopic (exact) mass is 321 g/mol. The highest BCUT2D eigenvalue weighted by Crippen LogP contribution is 2.26. The first-order valence-electron chi connectivity index (χ1n) is 6.45. The molecule has 1 aromatic carbocycles. The second-order valence-electron chi connectivity index (χ2n) is 5.47. The SMILES string of the molecule is CC(C)(C)OC(=O)Nc1nc(-c2ccc([N+](=O)[O-])cc2)cs1. The second-order valence-corrected chi connectivity index (χ2v) is 6.33. The highest BCUT2D eigenvalue weighted by Gasteiger charge is 2.17. The lowest BCUT2D eigenvalue weighted by molar-refractivity contribution is -0.384. The molecular weight excluding hydrogens is 306 g/mol. The highest BCUT2D eigenvalue weighted by molar-refractivity contribution is 7.14. The molecule has 0 saturated carbocycles. The number of aromatic nitrogens is 1. The maximum absolute atomic E-state index is 11.7. The molecule has 116 valence electrons. The fourth-order valence-corrected chi connectivity index (χ4v) is 2.31. The van der Waals surface area contributed by atoms with Crippen molar-refractivity contribution in [1.82, 2.24) is 4.98 Å². The van der Waals surface area contributed by atoms with Gasteiger partial charge in [-0.1, -0.05) is 0 Å². The molecule has 7 nitrogen and oxygen atoms in total. The first-order chi connectivity index (χ1) is 10.2. The maximum atomic E-state index is 11.7. The molecule has 1 N–H and O–H groups in total. The van der Waals surface area contributed by atoms with Crippen LogP contribution in [-0.4, -0.2) is 21.6 Å². The largest absolute Gasteiger partial charge is 0.444 e. The highest BCUT2D eigenvalue weighted by atomic mass is 32.1. The van der Waals surface area contributed by atoms with E-state index in [0.29, 0.717) is 10.8 Å². The Morgan fingerprint density at radius 2 is 1.95 bits per heavy atom. The number of hydrogen-bond donors (Lipinski definition) is 1. The van der Waals surface area contributed by atoms with Crippen LogP contribution < -0.4 is 5.32 Å². The van der Waals surface area contributed by atoms with E-state index in [4.69, 9.17) is 4.74 Å². The number of non-ortho nitro benzene ring substituents is 1. The molecule has 1 amide bonds. The number of ether oxygens (including phenoxy) is 1. The van der Waals surface area contributed by atoms with Crippen LogP contribution >= 0.6 is 11.3 Å². The quantitative estimate of drug-likeness (QED) is 0.679. The summed E-state index contributed by atoms with van der Waals surface area (Å²) in [4.78, 5) is 26.1. The van der Waals surface area contributed by atoms with Crippen LogP contribution in [0.4, 0.5) is 15.6 Å². The van der Waals surface area contributed by atoms with Crippen LogP contribution in [0.3, 0.4) is 0 Å². The number of carbonyl (C=O) groups is 1. The molecular formula is C14H15N3O4S. The number of thiazole rings is 1. The summed E-state index contributed by atoms with van der Waals surface area (Å²) in [5, 5.41) is 15.3. The van der Waals surface area contributed by atoms with Crippen molar-refractivity contribution in [1.29, 1.82) is 0 Å². The zero-order valence-corrected chi connectivity index (χ0v) is 13.1. The molecule has 1 heterocycles. The molecule has 0 fully saturated rings. The summed E-state index contributed by atoms with van der Waals surface area (Å²) in [6.07, 6.45) is -0.572. The summed E-state index contributed by atoms with van der Waals surface area (Å²) in [5.41, 5.74) is 0.804. The Kier molecular flexibility index (Phi) is 4.41. The van der Waals surface area contributed by atoms with Gasteiger partial charge in [0.2, 0.25) is 0 Å². The minimum absolute atomic E-state index is 0.0195. The minimum Gasteiger partial charge on any atom is -0.444 e. The Hall–Kier alpha value is -2.48. The van der Waals surface area contributed by atoms with E-state index in [-0.39, 0.29) is 5.69 Å². The van der Waals surface area contributed by atoms with E-state index in [1.54, 1.807) is 38.3 Å². The average molecular weight is 321 g/mol. The van der Waals surface area contributed by atoms with Crippen molar-refractivity contribution in [3.05, 3.63) is 39.8 Å². The van der Waals surface area contributed by atoms with E-state index >= 15 is 0 Å². The molecule has 2 rings (SSSR count). The van der Waals surface area contributed by atoms with Gasteiger partial charge in [-0.15, -0.1) is 11.3 Å². The number of hydrogen-bond acceptors (Lipinski definition) is 6. The number of rotatable bonds is 3. The fraction of sp³-hybridized carbons (Fsp3) is 0.286. The Labute approximate surface area is 131 Å². The summed E-state index contributed by atoms with van der Waals surface area (Å²) in [6, 6.07) is 6.06. The molecule has 8 heteroatoms. The van der Waals surface area contributed by atoms with Crippen molar-refractivity contribution in [2.24, 2.45) is 0 Å².